The summed E-state index contributed by atoms with van der Waals surface area (Å²) < 4.78 is 8.34. The molecule has 0 fully saturated rings. The van der Waals surface area contributed by atoms with Gasteiger partial charge in [0.2, 0.25) is 0 Å². The Labute approximate surface area is 96.7 Å². The van der Waals surface area contributed by atoms with Gasteiger partial charge in [0.25, 0.3) is 0 Å². The third kappa shape index (κ3) is 8.86. The summed E-state index contributed by atoms with van der Waals surface area (Å²) in [4.78, 5) is 0. The van der Waals surface area contributed by atoms with Crippen molar-refractivity contribution >= 4 is 71.4 Å². The predicted octanol–water partition coefficient (Wildman–Crippen LogP) is -0.658. The Bertz CT molecular complexity index is 13.5. The molecule has 0 aliphatic rings. The molecule has 0 saturated carbocycles. The van der Waals surface area contributed by atoms with E-state index in [0.717, 1.165) is 0 Å². The molecule has 4 heteroatoms. The topological polar surface area (TPSA) is 17.1 Å². The van der Waals surface area contributed by atoms with Crippen LogP contribution in [-0.4, -0.2) is 71.4 Å². The molecule has 0 N–H and O–H groups in total. The summed E-state index contributed by atoms with van der Waals surface area (Å²) in [6.07, 6.45) is 0. The second-order valence-electron chi connectivity index (χ2n) is 0. The van der Waals surface area contributed by atoms with Gasteiger partial charge >= 0.3 is 74.5 Å². The number of rotatable bonds is 0. The van der Waals surface area contributed by atoms with E-state index in [1.807, 2.05) is 0 Å². The van der Waals surface area contributed by atoms with Crippen LogP contribution in [0.1, 0.15) is 2.85 Å². The van der Waals surface area contributed by atoms with E-state index in [1.165, 1.54) is 0 Å². The van der Waals surface area contributed by atoms with Crippen molar-refractivity contribution in [2.45, 2.75) is 0 Å². The zero-order valence-electron chi connectivity index (χ0n) is 4.12. The van der Waals surface area contributed by atoms with Crippen molar-refractivity contribution in [2.24, 2.45) is 0 Å². The summed E-state index contributed by atoms with van der Waals surface area (Å²) in [6, 6.07) is 0. The monoisotopic (exact) mass is 324 g/mol. The van der Waals surface area contributed by atoms with Crippen molar-refractivity contribution in [2.75, 3.05) is 0 Å². The van der Waals surface area contributed by atoms with Gasteiger partial charge in [-0.2, -0.15) is 0 Å². The fraction of sp³-hybridized carbons (Fsp3) is 0. The Kier molecular flexibility index (Phi) is 66.6. The average molecular weight is 322 g/mol. The molecule has 4 heavy (non-hydrogen) atoms. The van der Waals surface area contributed by atoms with Crippen LogP contribution in [0.5, 0.6) is 0 Å². The molecule has 18 valence electrons. The first-order valence-electron chi connectivity index (χ1n) is 0.204. The Morgan fingerprint density at radius 2 is 1.50 bits per heavy atom. The first kappa shape index (κ1) is 15.8. The summed E-state index contributed by atoms with van der Waals surface area (Å²) in [6.45, 7) is 0. The Hall–Kier alpha value is 2.88. The van der Waals surface area contributed by atoms with Crippen LogP contribution < -0.4 is 0 Å². The van der Waals surface area contributed by atoms with Gasteiger partial charge in [0.05, 0.1) is 0 Å². The molecule has 0 atom stereocenters. The second-order valence-corrected chi connectivity index (χ2v) is 0. The molecular formula is H2BaOSnTi. The molecule has 0 aromatic rings. The van der Waals surface area contributed by atoms with Crippen molar-refractivity contribution in [1.29, 1.82) is 0 Å². The molecule has 0 unspecified atom stereocenters. The Morgan fingerprint density at radius 3 is 1.50 bits per heavy atom. The van der Waals surface area contributed by atoms with Crippen LogP contribution >= 0.6 is 0 Å². The van der Waals surface area contributed by atoms with E-state index in [9.17, 15) is 0 Å². The molecule has 0 aliphatic carbocycles. The Morgan fingerprint density at radius 1 is 1.50 bits per heavy atom. The number of hydrogen-bond donors (Lipinski definition) is 0. The minimum absolute atomic E-state index is 0. The maximum Gasteiger partial charge on any atom is 0 e. The van der Waals surface area contributed by atoms with E-state index in [4.69, 9.17) is 3.08 Å². The van der Waals surface area contributed by atoms with Crippen LogP contribution in [0.2, 0.25) is 0 Å². The normalized spacial score (nSPS) is 1.00. The third-order valence-electron chi connectivity index (χ3n) is 0. The first-order valence-corrected chi connectivity index (χ1v) is 1.37. The molecule has 0 bridgehead atoms. The van der Waals surface area contributed by atoms with Gasteiger partial charge in [-0.05, 0) is 0 Å². The van der Waals surface area contributed by atoms with Gasteiger partial charge in [-0.25, -0.2) is 0 Å². The van der Waals surface area contributed by atoms with Gasteiger partial charge in [-0.3, -0.25) is 0 Å². The maximum absolute atomic E-state index is 8.34. The molecule has 0 heterocycles. The minimum atomic E-state index is 0. The van der Waals surface area contributed by atoms with Gasteiger partial charge < -0.3 is 2.85 Å². The zero-order chi connectivity index (χ0) is 2.00. The molecule has 1 nitrogen and oxygen atoms in total. The van der Waals surface area contributed by atoms with Crippen LogP contribution in [0.15, 0.2) is 0 Å². The fourth-order valence-corrected chi connectivity index (χ4v) is 0. The van der Waals surface area contributed by atoms with Gasteiger partial charge in [-0.15, -0.1) is 0 Å². The van der Waals surface area contributed by atoms with E-state index < -0.39 is 0 Å². The molecule has 0 aromatic heterocycles. The van der Waals surface area contributed by atoms with Crippen molar-refractivity contribution in [1.82, 2.24) is 0 Å². The van der Waals surface area contributed by atoms with E-state index in [1.54, 1.807) is 0 Å². The maximum atomic E-state index is 8.34. The van der Waals surface area contributed by atoms with Gasteiger partial charge in [0.1, 0.15) is 0 Å². The summed E-state index contributed by atoms with van der Waals surface area (Å²) in [5, 5.41) is 0. The molecule has 0 aromatic carbocycles. The first-order chi connectivity index (χ1) is 1.00. The molecule has 0 saturated heterocycles. The fourth-order valence-electron chi connectivity index (χ4n) is 0. The van der Waals surface area contributed by atoms with Crippen LogP contribution in [-0.2, 0) is 24.8 Å². The summed E-state index contributed by atoms with van der Waals surface area (Å²) in [7, 11) is 0. The predicted molar refractivity (Wildman–Crippen MR) is 14.4 cm³/mol. The molecule has 0 amide bonds. The van der Waals surface area contributed by atoms with Gasteiger partial charge in [0.15, 0.2) is 0 Å². The summed E-state index contributed by atoms with van der Waals surface area (Å²) in [5.41, 5.74) is 0. The van der Waals surface area contributed by atoms with Crippen LogP contribution in [0.3, 0.4) is 0 Å². The van der Waals surface area contributed by atoms with Crippen LogP contribution in [0.4, 0.5) is 0 Å². The van der Waals surface area contributed by atoms with Crippen molar-refractivity contribution in [3.05, 3.63) is 0 Å². The minimum Gasteiger partial charge on any atom is 0 e. The summed E-state index contributed by atoms with van der Waals surface area (Å²) in [5.74, 6) is 0. The van der Waals surface area contributed by atoms with Crippen molar-refractivity contribution in [3.8, 4) is 0 Å². The molecule has 2 radical (unpaired) electrons. The van der Waals surface area contributed by atoms with E-state index in [-0.39, 0.29) is 73.5 Å². The second kappa shape index (κ2) is 16.9. The van der Waals surface area contributed by atoms with Gasteiger partial charge in [0, 0.05) is 21.7 Å². The SMILES string of the molecule is [Ba+2].[H-].[H-].[O]=[Sn].[Ti]. The van der Waals surface area contributed by atoms with E-state index in [0.29, 0.717) is 22.5 Å². The molecular weight excluding hydrogens is 320 g/mol. The third-order valence-corrected chi connectivity index (χ3v) is 0. The average Bonchev–Trinajstić information content (AvgIpc) is 1.00. The largest absolute Gasteiger partial charge is 0 e. The smallest absolute Gasteiger partial charge is 0 e. The quantitative estimate of drug-likeness (QED) is 0.542. The molecule has 0 aliphatic heterocycles. The van der Waals surface area contributed by atoms with E-state index in [2.05, 4.69) is 0 Å². The van der Waals surface area contributed by atoms with E-state index >= 15 is 0 Å². The van der Waals surface area contributed by atoms with Crippen LogP contribution in [0, 0.1) is 0 Å². The van der Waals surface area contributed by atoms with Crippen LogP contribution in [0.25, 0.3) is 0 Å². The summed E-state index contributed by atoms with van der Waals surface area (Å²) >= 11 is 0.300. The van der Waals surface area contributed by atoms with Crippen molar-refractivity contribution in [3.63, 3.8) is 0 Å². The van der Waals surface area contributed by atoms with Crippen molar-refractivity contribution < 1.29 is 27.6 Å². The number of hydrogen-bond acceptors (Lipinski definition) is 1. The zero-order valence-corrected chi connectivity index (χ0v) is 11.0. The molecule has 0 rings (SSSR count). The van der Waals surface area contributed by atoms with Gasteiger partial charge in [-0.1, -0.05) is 0 Å². The molecule has 0 spiro atoms. The standard InChI is InChI=1S/Ba.O.Sn.Ti.2H/q+2;;;;2*-1. The Balaban J connectivity index is -0.000000000833.